The van der Waals surface area contributed by atoms with Gasteiger partial charge in [-0.15, -0.1) is 0 Å². The van der Waals surface area contributed by atoms with Crippen LogP contribution in [0.3, 0.4) is 0 Å². The summed E-state index contributed by atoms with van der Waals surface area (Å²) in [5.41, 5.74) is 2.23. The Labute approximate surface area is 114 Å². The summed E-state index contributed by atoms with van der Waals surface area (Å²) in [5, 5.41) is 10.2. The number of carbonyl (C=O) groups excluding carboxylic acids is 1. The van der Waals surface area contributed by atoms with Crippen molar-refractivity contribution in [1.29, 1.82) is 0 Å². The second-order valence-electron chi connectivity index (χ2n) is 5.18. The van der Waals surface area contributed by atoms with Crippen LogP contribution in [-0.4, -0.2) is 17.7 Å². The highest BCUT2D eigenvalue weighted by atomic mass is 16.5. The van der Waals surface area contributed by atoms with Crippen LogP contribution in [0.2, 0.25) is 0 Å². The largest absolute Gasteiger partial charge is 0.466 e. The van der Waals surface area contributed by atoms with Crippen LogP contribution in [0.25, 0.3) is 0 Å². The van der Waals surface area contributed by atoms with Crippen LogP contribution in [0.4, 0.5) is 0 Å². The highest BCUT2D eigenvalue weighted by Gasteiger charge is 2.27. The number of hydrogen-bond acceptors (Lipinski definition) is 3. The fraction of sp³-hybridized carbons (Fsp3) is 0.562. The zero-order valence-electron chi connectivity index (χ0n) is 11.5. The first-order chi connectivity index (χ1) is 9.22. The van der Waals surface area contributed by atoms with Crippen molar-refractivity contribution in [2.75, 3.05) is 6.61 Å². The van der Waals surface area contributed by atoms with Gasteiger partial charge in [0, 0.05) is 6.42 Å². The minimum atomic E-state index is -0.564. The quantitative estimate of drug-likeness (QED) is 0.767. The molecule has 0 saturated heterocycles. The summed E-state index contributed by atoms with van der Waals surface area (Å²) >= 11 is 0. The molecule has 104 valence electrons. The van der Waals surface area contributed by atoms with Gasteiger partial charge in [0.15, 0.2) is 0 Å². The van der Waals surface area contributed by atoms with E-state index in [1.165, 1.54) is 18.4 Å². The average molecular weight is 262 g/mol. The van der Waals surface area contributed by atoms with E-state index in [4.69, 9.17) is 4.74 Å². The Balaban J connectivity index is 1.89. The molecule has 3 heteroatoms. The SMILES string of the molecule is CCCOC(=O)CCC(O)c1ccccc1C1CC1. The highest BCUT2D eigenvalue weighted by Crippen LogP contribution is 2.43. The fourth-order valence-corrected chi connectivity index (χ4v) is 2.28. The van der Waals surface area contributed by atoms with Crippen LogP contribution in [0, 0.1) is 0 Å². The van der Waals surface area contributed by atoms with Gasteiger partial charge in [0.1, 0.15) is 0 Å². The molecule has 0 aromatic heterocycles. The third kappa shape index (κ3) is 4.06. The summed E-state index contributed by atoms with van der Waals surface area (Å²) in [5.74, 6) is 0.391. The number of carbonyl (C=O) groups is 1. The van der Waals surface area contributed by atoms with Crippen molar-refractivity contribution < 1.29 is 14.6 Å². The Morgan fingerprint density at radius 2 is 2.16 bits per heavy atom. The fourth-order valence-electron chi connectivity index (χ4n) is 2.28. The number of aliphatic hydroxyl groups is 1. The molecule has 0 spiro atoms. The number of esters is 1. The van der Waals surface area contributed by atoms with Crippen LogP contribution in [-0.2, 0) is 9.53 Å². The van der Waals surface area contributed by atoms with E-state index in [0.717, 1.165) is 12.0 Å². The Morgan fingerprint density at radius 1 is 1.42 bits per heavy atom. The lowest BCUT2D eigenvalue weighted by Gasteiger charge is -2.15. The number of rotatable bonds is 7. The molecule has 2 rings (SSSR count). The molecule has 0 radical (unpaired) electrons. The molecule has 1 aromatic rings. The topological polar surface area (TPSA) is 46.5 Å². The van der Waals surface area contributed by atoms with E-state index in [1.807, 2.05) is 25.1 Å². The van der Waals surface area contributed by atoms with Gasteiger partial charge in [-0.05, 0) is 42.7 Å². The Kier molecular flexibility index (Phi) is 4.97. The molecule has 0 heterocycles. The molecular formula is C16H22O3. The van der Waals surface area contributed by atoms with Crippen LogP contribution < -0.4 is 0 Å². The highest BCUT2D eigenvalue weighted by molar-refractivity contribution is 5.69. The monoisotopic (exact) mass is 262 g/mol. The van der Waals surface area contributed by atoms with Crippen LogP contribution in [0.15, 0.2) is 24.3 Å². The molecule has 3 nitrogen and oxygen atoms in total. The van der Waals surface area contributed by atoms with Gasteiger partial charge >= 0.3 is 5.97 Å². The summed E-state index contributed by atoms with van der Waals surface area (Å²) in [6.07, 6.45) is 3.40. The zero-order valence-corrected chi connectivity index (χ0v) is 11.5. The first kappa shape index (κ1) is 14.1. The van der Waals surface area contributed by atoms with Gasteiger partial charge in [0.2, 0.25) is 0 Å². The smallest absolute Gasteiger partial charge is 0.305 e. The van der Waals surface area contributed by atoms with Gasteiger partial charge < -0.3 is 9.84 Å². The molecule has 1 fully saturated rings. The van der Waals surface area contributed by atoms with Gasteiger partial charge in [-0.3, -0.25) is 4.79 Å². The molecule has 1 aromatic carbocycles. The van der Waals surface area contributed by atoms with Gasteiger partial charge in [0.25, 0.3) is 0 Å². The van der Waals surface area contributed by atoms with Gasteiger partial charge in [0.05, 0.1) is 12.7 Å². The summed E-state index contributed by atoms with van der Waals surface area (Å²) < 4.78 is 5.02. The second-order valence-corrected chi connectivity index (χ2v) is 5.18. The molecule has 1 N–H and O–H groups in total. The van der Waals surface area contributed by atoms with Crippen molar-refractivity contribution in [2.45, 2.75) is 51.0 Å². The summed E-state index contributed by atoms with van der Waals surface area (Å²) in [4.78, 5) is 11.4. The van der Waals surface area contributed by atoms with E-state index in [0.29, 0.717) is 18.9 Å². The predicted octanol–water partition coefficient (Wildman–Crippen LogP) is 3.33. The lowest BCUT2D eigenvalue weighted by atomic mass is 9.96. The molecular weight excluding hydrogens is 240 g/mol. The normalized spacial score (nSPS) is 16.1. The maximum absolute atomic E-state index is 11.4. The molecule has 1 aliphatic carbocycles. The molecule has 1 atom stereocenters. The lowest BCUT2D eigenvalue weighted by molar-refractivity contribution is -0.144. The van der Waals surface area contributed by atoms with E-state index in [2.05, 4.69) is 6.07 Å². The number of hydrogen-bond donors (Lipinski definition) is 1. The molecule has 19 heavy (non-hydrogen) atoms. The van der Waals surface area contributed by atoms with Gasteiger partial charge in [-0.2, -0.15) is 0 Å². The third-order valence-corrected chi connectivity index (χ3v) is 3.46. The molecule has 1 unspecified atom stereocenters. The number of aliphatic hydroxyl groups excluding tert-OH is 1. The minimum Gasteiger partial charge on any atom is -0.466 e. The van der Waals surface area contributed by atoms with Crippen molar-refractivity contribution in [3.05, 3.63) is 35.4 Å². The van der Waals surface area contributed by atoms with E-state index in [-0.39, 0.29) is 12.4 Å². The van der Waals surface area contributed by atoms with Crippen molar-refractivity contribution in [3.63, 3.8) is 0 Å². The molecule has 0 aliphatic heterocycles. The van der Waals surface area contributed by atoms with Crippen molar-refractivity contribution >= 4 is 5.97 Å². The molecule has 1 saturated carbocycles. The maximum atomic E-state index is 11.4. The Morgan fingerprint density at radius 3 is 2.84 bits per heavy atom. The van der Waals surface area contributed by atoms with E-state index in [9.17, 15) is 9.90 Å². The minimum absolute atomic E-state index is 0.218. The van der Waals surface area contributed by atoms with Crippen molar-refractivity contribution in [1.82, 2.24) is 0 Å². The first-order valence-electron chi connectivity index (χ1n) is 7.15. The Hall–Kier alpha value is -1.35. The van der Waals surface area contributed by atoms with E-state index < -0.39 is 6.10 Å². The van der Waals surface area contributed by atoms with Gasteiger partial charge in [-0.1, -0.05) is 31.2 Å². The van der Waals surface area contributed by atoms with Crippen molar-refractivity contribution in [3.8, 4) is 0 Å². The summed E-state index contributed by atoms with van der Waals surface area (Å²) in [6.45, 7) is 2.43. The number of ether oxygens (including phenoxy) is 1. The van der Waals surface area contributed by atoms with Crippen LogP contribution in [0.5, 0.6) is 0 Å². The predicted molar refractivity (Wildman–Crippen MR) is 73.9 cm³/mol. The lowest BCUT2D eigenvalue weighted by Crippen LogP contribution is -2.09. The third-order valence-electron chi connectivity index (χ3n) is 3.46. The second kappa shape index (κ2) is 6.71. The summed E-state index contributed by atoms with van der Waals surface area (Å²) in [6, 6.07) is 8.01. The van der Waals surface area contributed by atoms with E-state index >= 15 is 0 Å². The van der Waals surface area contributed by atoms with Crippen LogP contribution >= 0.6 is 0 Å². The maximum Gasteiger partial charge on any atom is 0.305 e. The number of benzene rings is 1. The zero-order chi connectivity index (χ0) is 13.7. The van der Waals surface area contributed by atoms with E-state index in [1.54, 1.807) is 0 Å². The molecule has 0 bridgehead atoms. The van der Waals surface area contributed by atoms with Crippen molar-refractivity contribution in [2.24, 2.45) is 0 Å². The molecule has 1 aliphatic rings. The standard InChI is InChI=1S/C16H22O3/c1-2-11-19-16(18)10-9-15(17)14-6-4-3-5-13(14)12-7-8-12/h3-6,12,15,17H,2,7-11H2,1H3. The first-order valence-corrected chi connectivity index (χ1v) is 7.15. The summed E-state index contributed by atoms with van der Waals surface area (Å²) in [7, 11) is 0. The average Bonchev–Trinajstić information content (AvgIpc) is 3.27. The van der Waals surface area contributed by atoms with Crippen LogP contribution in [0.1, 0.15) is 62.2 Å². The Bertz CT molecular complexity index is 424. The van der Waals surface area contributed by atoms with Gasteiger partial charge in [-0.25, -0.2) is 0 Å². The molecule has 0 amide bonds.